The molecule has 1 aromatic carbocycles. The molecule has 0 heterocycles. The highest BCUT2D eigenvalue weighted by molar-refractivity contribution is 6.33. The fraction of sp³-hybridized carbons (Fsp3) is 0.538. The SMILES string of the molecule is CCC(C)(C)CNCc1ccc(Cl)c(N)c1. The second-order valence-corrected chi connectivity index (χ2v) is 5.38. The van der Waals surface area contributed by atoms with E-state index in [1.807, 2.05) is 18.2 Å². The molecule has 0 spiro atoms. The van der Waals surface area contributed by atoms with Crippen molar-refractivity contribution in [1.82, 2.24) is 5.32 Å². The van der Waals surface area contributed by atoms with Crippen LogP contribution in [-0.4, -0.2) is 6.54 Å². The Morgan fingerprint density at radius 3 is 2.62 bits per heavy atom. The number of hydrogen-bond acceptors (Lipinski definition) is 2. The fourth-order valence-corrected chi connectivity index (χ4v) is 1.49. The summed E-state index contributed by atoms with van der Waals surface area (Å²) in [4.78, 5) is 0. The van der Waals surface area contributed by atoms with Crippen molar-refractivity contribution in [2.24, 2.45) is 5.41 Å². The van der Waals surface area contributed by atoms with Gasteiger partial charge in [0.2, 0.25) is 0 Å². The zero-order valence-corrected chi connectivity index (χ0v) is 11.1. The van der Waals surface area contributed by atoms with E-state index in [1.54, 1.807) is 0 Å². The highest BCUT2D eigenvalue weighted by Gasteiger charge is 2.13. The first kappa shape index (κ1) is 13.3. The molecule has 1 rings (SSSR count). The van der Waals surface area contributed by atoms with Crippen molar-refractivity contribution in [1.29, 1.82) is 0 Å². The molecular formula is C13H21ClN2. The Kier molecular flexibility index (Phi) is 4.63. The van der Waals surface area contributed by atoms with Crippen molar-refractivity contribution in [2.75, 3.05) is 12.3 Å². The van der Waals surface area contributed by atoms with E-state index < -0.39 is 0 Å². The molecule has 0 aliphatic rings. The van der Waals surface area contributed by atoms with Gasteiger partial charge in [-0.05, 0) is 29.5 Å². The van der Waals surface area contributed by atoms with E-state index in [1.165, 1.54) is 12.0 Å². The third kappa shape index (κ3) is 4.03. The van der Waals surface area contributed by atoms with Crippen molar-refractivity contribution >= 4 is 17.3 Å². The first-order valence-corrected chi connectivity index (χ1v) is 6.07. The molecule has 0 fully saturated rings. The lowest BCUT2D eigenvalue weighted by atomic mass is 9.90. The number of nitrogen functional groups attached to an aromatic ring is 1. The summed E-state index contributed by atoms with van der Waals surface area (Å²) in [5, 5.41) is 4.06. The molecule has 1 aromatic rings. The summed E-state index contributed by atoms with van der Waals surface area (Å²) in [5.41, 5.74) is 7.91. The summed E-state index contributed by atoms with van der Waals surface area (Å²) in [6.07, 6.45) is 1.17. The quantitative estimate of drug-likeness (QED) is 0.774. The maximum absolute atomic E-state index is 5.86. The molecule has 0 bridgehead atoms. The highest BCUT2D eigenvalue weighted by atomic mass is 35.5. The van der Waals surface area contributed by atoms with Crippen LogP contribution >= 0.6 is 11.6 Å². The van der Waals surface area contributed by atoms with Gasteiger partial charge in [-0.3, -0.25) is 0 Å². The molecule has 0 amide bonds. The zero-order chi connectivity index (χ0) is 12.2. The van der Waals surface area contributed by atoms with E-state index in [-0.39, 0.29) is 0 Å². The van der Waals surface area contributed by atoms with Crippen LogP contribution in [0.2, 0.25) is 5.02 Å². The zero-order valence-electron chi connectivity index (χ0n) is 10.3. The summed E-state index contributed by atoms with van der Waals surface area (Å²) in [6, 6.07) is 5.78. The van der Waals surface area contributed by atoms with Gasteiger partial charge >= 0.3 is 0 Å². The Morgan fingerprint density at radius 1 is 1.38 bits per heavy atom. The van der Waals surface area contributed by atoms with E-state index in [4.69, 9.17) is 17.3 Å². The molecule has 0 aliphatic heterocycles. The molecule has 0 unspecified atom stereocenters. The average Bonchev–Trinajstić information content (AvgIpc) is 2.23. The smallest absolute Gasteiger partial charge is 0.0635 e. The topological polar surface area (TPSA) is 38.0 Å². The van der Waals surface area contributed by atoms with Crippen LogP contribution < -0.4 is 11.1 Å². The maximum atomic E-state index is 5.86. The molecule has 3 heteroatoms. The lowest BCUT2D eigenvalue weighted by molar-refractivity contribution is 0.327. The van der Waals surface area contributed by atoms with Crippen molar-refractivity contribution in [3.63, 3.8) is 0 Å². The van der Waals surface area contributed by atoms with Gasteiger partial charge in [0.05, 0.1) is 10.7 Å². The molecule has 0 radical (unpaired) electrons. The molecular weight excluding hydrogens is 220 g/mol. The van der Waals surface area contributed by atoms with Crippen LogP contribution in [0, 0.1) is 5.41 Å². The van der Waals surface area contributed by atoms with Gasteiger partial charge in [-0.2, -0.15) is 0 Å². The standard InChI is InChI=1S/C13H21ClN2/c1-4-13(2,3)9-16-8-10-5-6-11(14)12(15)7-10/h5-7,16H,4,8-9,15H2,1-3H3. The van der Waals surface area contributed by atoms with Crippen molar-refractivity contribution < 1.29 is 0 Å². The Bertz CT molecular complexity index is 348. The van der Waals surface area contributed by atoms with E-state index in [0.717, 1.165) is 13.1 Å². The average molecular weight is 241 g/mol. The molecule has 0 saturated carbocycles. The predicted octanol–water partition coefficient (Wildman–Crippen LogP) is 3.45. The minimum absolute atomic E-state index is 0.345. The molecule has 3 N–H and O–H groups in total. The number of rotatable bonds is 5. The Balaban J connectivity index is 2.46. The van der Waals surface area contributed by atoms with E-state index >= 15 is 0 Å². The van der Waals surface area contributed by atoms with E-state index in [9.17, 15) is 0 Å². The first-order chi connectivity index (χ1) is 7.44. The highest BCUT2D eigenvalue weighted by Crippen LogP contribution is 2.20. The number of halogens is 1. The number of nitrogens with one attached hydrogen (secondary N) is 1. The van der Waals surface area contributed by atoms with Crippen molar-refractivity contribution in [3.05, 3.63) is 28.8 Å². The molecule has 2 nitrogen and oxygen atoms in total. The minimum atomic E-state index is 0.345. The predicted molar refractivity (Wildman–Crippen MR) is 71.6 cm³/mol. The molecule has 0 aromatic heterocycles. The van der Waals surface area contributed by atoms with Crippen LogP contribution in [0.15, 0.2) is 18.2 Å². The van der Waals surface area contributed by atoms with Gasteiger partial charge in [-0.15, -0.1) is 0 Å². The van der Waals surface area contributed by atoms with Gasteiger partial charge in [-0.1, -0.05) is 38.4 Å². The van der Waals surface area contributed by atoms with Crippen LogP contribution in [0.4, 0.5) is 5.69 Å². The largest absolute Gasteiger partial charge is 0.398 e. The van der Waals surface area contributed by atoms with Gasteiger partial charge in [0.1, 0.15) is 0 Å². The number of hydrogen-bond donors (Lipinski definition) is 2. The van der Waals surface area contributed by atoms with Gasteiger partial charge in [-0.25, -0.2) is 0 Å². The normalized spacial score (nSPS) is 11.8. The molecule has 0 atom stereocenters. The monoisotopic (exact) mass is 240 g/mol. The number of nitrogens with two attached hydrogens (primary N) is 1. The lowest BCUT2D eigenvalue weighted by Gasteiger charge is -2.23. The van der Waals surface area contributed by atoms with Crippen LogP contribution in [0.5, 0.6) is 0 Å². The van der Waals surface area contributed by atoms with Crippen molar-refractivity contribution in [3.8, 4) is 0 Å². The molecule has 0 saturated heterocycles. The number of benzene rings is 1. The van der Waals surface area contributed by atoms with Crippen LogP contribution in [0.3, 0.4) is 0 Å². The second kappa shape index (κ2) is 5.55. The lowest BCUT2D eigenvalue weighted by Crippen LogP contribution is -2.28. The minimum Gasteiger partial charge on any atom is -0.398 e. The second-order valence-electron chi connectivity index (χ2n) is 4.98. The molecule has 16 heavy (non-hydrogen) atoms. The molecule has 90 valence electrons. The van der Waals surface area contributed by atoms with Gasteiger partial charge < -0.3 is 11.1 Å². The first-order valence-electron chi connectivity index (χ1n) is 5.69. The Hall–Kier alpha value is -0.730. The summed E-state index contributed by atoms with van der Waals surface area (Å²) < 4.78 is 0. The number of anilines is 1. The van der Waals surface area contributed by atoms with Crippen LogP contribution in [0.1, 0.15) is 32.8 Å². The van der Waals surface area contributed by atoms with Gasteiger partial charge in [0.15, 0.2) is 0 Å². The van der Waals surface area contributed by atoms with Gasteiger partial charge in [0, 0.05) is 13.1 Å². The fourth-order valence-electron chi connectivity index (χ4n) is 1.37. The third-order valence-electron chi connectivity index (χ3n) is 2.95. The van der Waals surface area contributed by atoms with Crippen LogP contribution in [-0.2, 0) is 6.54 Å². The molecule has 0 aliphatic carbocycles. The summed E-state index contributed by atoms with van der Waals surface area (Å²) in [7, 11) is 0. The van der Waals surface area contributed by atoms with E-state index in [0.29, 0.717) is 16.1 Å². The van der Waals surface area contributed by atoms with Crippen LogP contribution in [0.25, 0.3) is 0 Å². The summed E-state index contributed by atoms with van der Waals surface area (Å²) in [5.74, 6) is 0. The van der Waals surface area contributed by atoms with Crippen molar-refractivity contribution in [2.45, 2.75) is 33.7 Å². The summed E-state index contributed by atoms with van der Waals surface area (Å²) >= 11 is 5.86. The Labute approximate surface area is 103 Å². The third-order valence-corrected chi connectivity index (χ3v) is 3.29. The summed E-state index contributed by atoms with van der Waals surface area (Å²) in [6.45, 7) is 8.57. The van der Waals surface area contributed by atoms with E-state index in [2.05, 4.69) is 26.1 Å². The Morgan fingerprint density at radius 2 is 2.06 bits per heavy atom. The van der Waals surface area contributed by atoms with Gasteiger partial charge in [0.25, 0.3) is 0 Å². The maximum Gasteiger partial charge on any atom is 0.0635 e.